The molecule has 8 heteroatoms. The Bertz CT molecular complexity index is 732. The Morgan fingerprint density at radius 2 is 2.24 bits per heavy atom. The fourth-order valence-corrected chi connectivity index (χ4v) is 1.71. The molecule has 2 aromatic rings. The lowest BCUT2D eigenvalue weighted by atomic mass is 10.2. The van der Waals surface area contributed by atoms with Crippen molar-refractivity contribution in [1.82, 2.24) is 9.97 Å². The third kappa shape index (κ3) is 4.03. The maximum absolute atomic E-state index is 13.0. The molecule has 2 N–H and O–H groups in total. The van der Waals surface area contributed by atoms with Crippen LogP contribution in [0.2, 0.25) is 5.02 Å². The first-order valence-corrected chi connectivity index (χ1v) is 6.20. The number of carboxylic acids is 1. The number of aromatic amines is 1. The molecule has 0 radical (unpaired) electrons. The van der Waals surface area contributed by atoms with Crippen molar-refractivity contribution < 1.29 is 19.0 Å². The SMILES string of the molecule is O=C(O)Cc1cnc(COc2ccc(F)c(Cl)c2)[nH]c1=O. The zero-order valence-corrected chi connectivity index (χ0v) is 11.4. The first kappa shape index (κ1) is 15.0. The molecule has 1 aromatic carbocycles. The van der Waals surface area contributed by atoms with E-state index in [4.69, 9.17) is 21.4 Å². The van der Waals surface area contributed by atoms with Gasteiger partial charge in [-0.2, -0.15) is 0 Å². The fourth-order valence-electron chi connectivity index (χ4n) is 1.54. The summed E-state index contributed by atoms with van der Waals surface area (Å²) in [7, 11) is 0. The molecule has 0 saturated carbocycles. The van der Waals surface area contributed by atoms with E-state index in [1.165, 1.54) is 18.3 Å². The predicted molar refractivity (Wildman–Crippen MR) is 71.9 cm³/mol. The van der Waals surface area contributed by atoms with E-state index < -0.39 is 23.8 Å². The van der Waals surface area contributed by atoms with Crippen LogP contribution in [0.15, 0.2) is 29.2 Å². The highest BCUT2D eigenvalue weighted by molar-refractivity contribution is 6.30. The minimum absolute atomic E-state index is 0.0519. The first-order chi connectivity index (χ1) is 9.95. The van der Waals surface area contributed by atoms with E-state index in [0.717, 1.165) is 6.07 Å². The molecule has 0 bridgehead atoms. The van der Waals surface area contributed by atoms with Crippen LogP contribution >= 0.6 is 11.6 Å². The van der Waals surface area contributed by atoms with Crippen LogP contribution in [0.5, 0.6) is 5.75 Å². The van der Waals surface area contributed by atoms with Crippen molar-refractivity contribution in [2.24, 2.45) is 0 Å². The van der Waals surface area contributed by atoms with Gasteiger partial charge in [0, 0.05) is 17.8 Å². The molecule has 0 aliphatic carbocycles. The maximum atomic E-state index is 13.0. The molecule has 110 valence electrons. The monoisotopic (exact) mass is 312 g/mol. The summed E-state index contributed by atoms with van der Waals surface area (Å²) in [6.07, 6.45) is 0.778. The topological polar surface area (TPSA) is 92.3 Å². The smallest absolute Gasteiger partial charge is 0.308 e. The van der Waals surface area contributed by atoms with E-state index in [0.29, 0.717) is 5.75 Å². The van der Waals surface area contributed by atoms with Crippen molar-refractivity contribution in [3.05, 3.63) is 57.0 Å². The lowest BCUT2D eigenvalue weighted by Crippen LogP contribution is -2.19. The highest BCUT2D eigenvalue weighted by Gasteiger charge is 2.08. The Morgan fingerprint density at radius 1 is 1.48 bits per heavy atom. The molecule has 21 heavy (non-hydrogen) atoms. The number of nitrogens with zero attached hydrogens (tertiary/aromatic N) is 1. The number of carbonyl (C=O) groups is 1. The largest absolute Gasteiger partial charge is 0.486 e. The van der Waals surface area contributed by atoms with E-state index in [1.807, 2.05) is 0 Å². The van der Waals surface area contributed by atoms with Crippen LogP contribution in [0, 0.1) is 5.82 Å². The predicted octanol–water partition coefficient (Wildman–Crippen LogP) is 1.77. The minimum atomic E-state index is -1.12. The van der Waals surface area contributed by atoms with Crippen LogP contribution in [0.25, 0.3) is 0 Å². The number of halogens is 2. The zero-order valence-electron chi connectivity index (χ0n) is 10.6. The van der Waals surface area contributed by atoms with Gasteiger partial charge in [-0.25, -0.2) is 9.37 Å². The van der Waals surface area contributed by atoms with Crippen LogP contribution in [0.1, 0.15) is 11.4 Å². The molecule has 0 spiro atoms. The molecule has 1 heterocycles. The summed E-state index contributed by atoms with van der Waals surface area (Å²) in [5.41, 5.74) is -0.487. The van der Waals surface area contributed by atoms with E-state index in [1.54, 1.807) is 0 Å². The number of nitrogens with one attached hydrogen (secondary N) is 1. The molecule has 0 fully saturated rings. The van der Waals surface area contributed by atoms with Crippen LogP contribution in [0.3, 0.4) is 0 Å². The van der Waals surface area contributed by atoms with Gasteiger partial charge in [0.1, 0.15) is 24.0 Å². The number of H-pyrrole nitrogens is 1. The molecule has 2 rings (SSSR count). The van der Waals surface area contributed by atoms with Crippen LogP contribution in [-0.4, -0.2) is 21.0 Å². The second-order valence-corrected chi connectivity index (χ2v) is 4.53. The van der Waals surface area contributed by atoms with Gasteiger partial charge in [-0.3, -0.25) is 9.59 Å². The second-order valence-electron chi connectivity index (χ2n) is 4.12. The summed E-state index contributed by atoms with van der Waals surface area (Å²) >= 11 is 5.61. The molecule has 0 aliphatic rings. The highest BCUT2D eigenvalue weighted by Crippen LogP contribution is 2.21. The van der Waals surface area contributed by atoms with Crippen LogP contribution in [0.4, 0.5) is 4.39 Å². The Kier molecular flexibility index (Phi) is 4.54. The van der Waals surface area contributed by atoms with Crippen molar-refractivity contribution in [3.8, 4) is 5.75 Å². The Balaban J connectivity index is 2.06. The average molecular weight is 313 g/mol. The standard InChI is InChI=1S/C13H10ClFN2O4/c14-9-4-8(1-2-10(9)15)21-6-11-16-5-7(3-12(18)19)13(20)17-11/h1-2,4-5H,3,6H2,(H,18,19)(H,16,17,20). The Hall–Kier alpha value is -2.41. The molecule has 0 aliphatic heterocycles. The summed E-state index contributed by atoms with van der Waals surface area (Å²) in [6.45, 7) is -0.0649. The van der Waals surface area contributed by atoms with Crippen LogP contribution in [-0.2, 0) is 17.8 Å². The third-order valence-corrected chi connectivity index (χ3v) is 2.82. The lowest BCUT2D eigenvalue weighted by molar-refractivity contribution is -0.136. The summed E-state index contributed by atoms with van der Waals surface area (Å²) in [5.74, 6) is -1.14. The number of rotatable bonds is 5. The highest BCUT2D eigenvalue weighted by atomic mass is 35.5. The average Bonchev–Trinajstić information content (AvgIpc) is 2.42. The van der Waals surface area contributed by atoms with Gasteiger partial charge in [-0.05, 0) is 12.1 Å². The number of hydrogen-bond acceptors (Lipinski definition) is 4. The Labute approximate surface area is 123 Å². The van der Waals surface area contributed by atoms with Crippen molar-refractivity contribution in [2.45, 2.75) is 13.0 Å². The van der Waals surface area contributed by atoms with Gasteiger partial charge < -0.3 is 14.8 Å². The molecule has 0 unspecified atom stereocenters. The molecule has 6 nitrogen and oxygen atoms in total. The fraction of sp³-hybridized carbons (Fsp3) is 0.154. The molecule has 0 atom stereocenters. The van der Waals surface area contributed by atoms with Gasteiger partial charge in [-0.15, -0.1) is 0 Å². The van der Waals surface area contributed by atoms with Gasteiger partial charge in [0.25, 0.3) is 5.56 Å². The zero-order chi connectivity index (χ0) is 15.4. The molecular weight excluding hydrogens is 303 g/mol. The number of ether oxygens (including phenoxy) is 1. The number of aliphatic carboxylic acids is 1. The van der Waals surface area contributed by atoms with Crippen molar-refractivity contribution in [2.75, 3.05) is 0 Å². The summed E-state index contributed by atoms with van der Waals surface area (Å²) < 4.78 is 18.3. The summed E-state index contributed by atoms with van der Waals surface area (Å²) in [4.78, 5) is 28.4. The third-order valence-electron chi connectivity index (χ3n) is 2.53. The van der Waals surface area contributed by atoms with Crippen molar-refractivity contribution in [3.63, 3.8) is 0 Å². The lowest BCUT2D eigenvalue weighted by Gasteiger charge is -2.06. The second kappa shape index (κ2) is 6.36. The number of aromatic nitrogens is 2. The number of hydrogen-bond donors (Lipinski definition) is 2. The van der Waals surface area contributed by atoms with Crippen LogP contribution < -0.4 is 10.3 Å². The van der Waals surface area contributed by atoms with Gasteiger partial charge in [0.2, 0.25) is 0 Å². The van der Waals surface area contributed by atoms with E-state index in [9.17, 15) is 14.0 Å². The molecular formula is C13H10ClFN2O4. The van der Waals surface area contributed by atoms with E-state index in [-0.39, 0.29) is 23.0 Å². The number of carboxylic acid groups (broad SMARTS) is 1. The Morgan fingerprint density at radius 3 is 2.86 bits per heavy atom. The van der Waals surface area contributed by atoms with Gasteiger partial charge in [0.15, 0.2) is 0 Å². The molecule has 1 aromatic heterocycles. The van der Waals surface area contributed by atoms with E-state index >= 15 is 0 Å². The maximum Gasteiger partial charge on any atom is 0.308 e. The van der Waals surface area contributed by atoms with Gasteiger partial charge in [0.05, 0.1) is 11.4 Å². The molecule has 0 saturated heterocycles. The van der Waals surface area contributed by atoms with Crippen molar-refractivity contribution >= 4 is 17.6 Å². The number of benzene rings is 1. The minimum Gasteiger partial charge on any atom is -0.486 e. The summed E-state index contributed by atoms with van der Waals surface area (Å²) in [6, 6.07) is 3.84. The quantitative estimate of drug-likeness (QED) is 0.877. The molecule has 0 amide bonds. The first-order valence-electron chi connectivity index (χ1n) is 5.82. The van der Waals surface area contributed by atoms with Gasteiger partial charge >= 0.3 is 5.97 Å². The summed E-state index contributed by atoms with van der Waals surface area (Å²) in [5, 5.41) is 8.53. The van der Waals surface area contributed by atoms with Crippen molar-refractivity contribution in [1.29, 1.82) is 0 Å². The van der Waals surface area contributed by atoms with E-state index in [2.05, 4.69) is 9.97 Å². The van der Waals surface area contributed by atoms with Gasteiger partial charge in [-0.1, -0.05) is 11.6 Å². The normalized spacial score (nSPS) is 10.4.